The number of nitrogens with two attached hydrogens (primary N) is 1. The van der Waals surface area contributed by atoms with Crippen LogP contribution in [0.2, 0.25) is 0 Å². The van der Waals surface area contributed by atoms with E-state index in [4.69, 9.17) is 20.7 Å². The Morgan fingerprint density at radius 3 is 1.70 bits per heavy atom. The van der Waals surface area contributed by atoms with E-state index in [1.54, 1.807) is 24.3 Å². The maximum atomic E-state index is 13.7. The Kier molecular flexibility index (Phi) is 19.4. The molecule has 1 unspecified atom stereocenters. The van der Waals surface area contributed by atoms with Crippen molar-refractivity contribution in [3.8, 4) is 0 Å². The van der Waals surface area contributed by atoms with Crippen molar-refractivity contribution < 1.29 is 71.2 Å². The number of carbonyl (C=O) groups excluding carboxylic acids is 1. The standard InChI is InChI=1S/C62H79N9O15S4/c1-61(2)53(17-9-18-54-62(3,29-10-38-87(75,76)77)56-48-14-8-16-52(90(84,85)86)46(48)20-22-50(56)71(54)31-11-39-88(78,79)80)70(49-21-19-45-47(55(49)61)13-7-15-51(45)89(81,82)83)30-6-4-5-12-44(72)40-41-23-32-67(33-24-41)58-64-59(68-34-25-42(26-35-68)57(73)74)66-60(65-58)69-36-27-43(63)28-37-69/h7-9,13-22,41-43H,4-6,10-12,23-40,63H2,1-3H3,(H4-,73,74,75,76,77,78,79,80,81,82,83,84,85,86)/p+1. The fourth-order valence-corrected chi connectivity index (χ4v) is 16.6. The van der Waals surface area contributed by atoms with Gasteiger partial charge in [0.15, 0.2) is 5.71 Å². The summed E-state index contributed by atoms with van der Waals surface area (Å²) in [7, 11) is -18.2. The second-order valence-electron chi connectivity index (χ2n) is 25.3. The van der Waals surface area contributed by atoms with Crippen LogP contribution in [0, 0.1) is 11.8 Å². The molecule has 486 valence electrons. The van der Waals surface area contributed by atoms with Crippen LogP contribution in [0.15, 0.2) is 94.4 Å². The Balaban J connectivity index is 0.881. The van der Waals surface area contributed by atoms with Gasteiger partial charge in [-0.3, -0.25) is 27.8 Å². The Hall–Kier alpha value is -6.50. The molecule has 0 aliphatic carbocycles. The van der Waals surface area contributed by atoms with E-state index in [-0.39, 0.29) is 58.7 Å². The number of piperidine rings is 3. The van der Waals surface area contributed by atoms with Crippen LogP contribution in [0.3, 0.4) is 0 Å². The number of unbranched alkanes of at least 4 members (excludes halogenated alkanes) is 2. The number of hydrogen-bond acceptors (Lipinski definition) is 18. The molecular formula is C62H80N9O15S4+. The number of nitrogens with zero attached hydrogens (tertiary/aromatic N) is 8. The number of Topliss-reactive ketones (excluding diaryl/α,β-unsaturated/α-hetero) is 1. The third kappa shape index (κ3) is 14.6. The molecule has 28 heteroatoms. The minimum atomic E-state index is -4.73. The largest absolute Gasteiger partial charge is 0.481 e. The number of hydrogen-bond donors (Lipinski definition) is 6. The number of aromatic nitrogens is 3. The molecule has 3 saturated heterocycles. The molecule has 10 rings (SSSR count). The average Bonchev–Trinajstić information content (AvgIpc) is 1.55. The van der Waals surface area contributed by atoms with Crippen molar-refractivity contribution in [2.45, 2.75) is 137 Å². The highest BCUT2D eigenvalue weighted by atomic mass is 32.2. The van der Waals surface area contributed by atoms with Gasteiger partial charge in [-0.2, -0.15) is 53.2 Å². The van der Waals surface area contributed by atoms with Gasteiger partial charge >= 0.3 is 5.97 Å². The molecule has 5 aliphatic rings. The van der Waals surface area contributed by atoms with Gasteiger partial charge in [0.05, 0.1) is 22.8 Å². The van der Waals surface area contributed by atoms with E-state index in [2.05, 4.69) is 14.7 Å². The lowest BCUT2D eigenvalue weighted by molar-refractivity contribution is -0.437. The Bertz CT molecular complexity index is 4180. The second-order valence-corrected chi connectivity index (χ2v) is 31.2. The van der Waals surface area contributed by atoms with Gasteiger partial charge in [-0.1, -0.05) is 56.7 Å². The topological polar surface area (TPSA) is 353 Å². The molecule has 24 nitrogen and oxygen atoms in total. The molecule has 4 aromatic carbocycles. The van der Waals surface area contributed by atoms with Crippen molar-refractivity contribution in [3.05, 3.63) is 95.7 Å². The van der Waals surface area contributed by atoms with Crippen molar-refractivity contribution in [2.75, 3.05) is 83.5 Å². The van der Waals surface area contributed by atoms with Crippen molar-refractivity contribution >= 4 is 109 Å². The number of carboxylic acid groups (broad SMARTS) is 1. The number of allylic oxidation sites excluding steroid dienone is 4. The van der Waals surface area contributed by atoms with E-state index in [0.717, 1.165) is 55.7 Å². The number of fused-ring (bicyclic) bond motifs is 6. The molecule has 90 heavy (non-hydrogen) atoms. The summed E-state index contributed by atoms with van der Waals surface area (Å²) < 4.78 is 142. The van der Waals surface area contributed by atoms with Gasteiger partial charge in [0.2, 0.25) is 23.5 Å². The third-order valence-corrected chi connectivity index (χ3v) is 22.2. The molecule has 3 fully saturated rings. The Morgan fingerprint density at radius 1 is 0.633 bits per heavy atom. The molecule has 0 bridgehead atoms. The van der Waals surface area contributed by atoms with E-state index in [1.807, 2.05) is 60.6 Å². The first-order valence-electron chi connectivity index (χ1n) is 30.7. The first-order valence-corrected chi connectivity index (χ1v) is 36.8. The van der Waals surface area contributed by atoms with Crippen LogP contribution in [0.25, 0.3) is 21.5 Å². The van der Waals surface area contributed by atoms with E-state index >= 15 is 0 Å². The predicted molar refractivity (Wildman–Crippen MR) is 344 cm³/mol. The summed E-state index contributed by atoms with van der Waals surface area (Å²) in [6.07, 6.45) is 12.6. The van der Waals surface area contributed by atoms with Gasteiger partial charge in [-0.05, 0) is 124 Å². The van der Waals surface area contributed by atoms with Gasteiger partial charge in [0.1, 0.15) is 22.1 Å². The number of rotatable bonds is 24. The minimum absolute atomic E-state index is 0.0343. The number of aliphatic carboxylic acids is 1. The predicted octanol–water partition coefficient (Wildman–Crippen LogP) is 7.88. The minimum Gasteiger partial charge on any atom is -0.481 e. The smallest absolute Gasteiger partial charge is 0.306 e. The maximum absolute atomic E-state index is 13.7. The molecule has 5 aliphatic heterocycles. The van der Waals surface area contributed by atoms with Crippen molar-refractivity contribution in [1.29, 1.82) is 0 Å². The lowest BCUT2D eigenvalue weighted by atomic mass is 9.74. The van der Waals surface area contributed by atoms with Crippen LogP contribution < -0.4 is 25.3 Å². The molecule has 0 spiro atoms. The maximum Gasteiger partial charge on any atom is 0.306 e. The van der Waals surface area contributed by atoms with Gasteiger partial charge in [-0.15, -0.1) is 0 Å². The zero-order valence-electron chi connectivity index (χ0n) is 50.8. The summed E-state index contributed by atoms with van der Waals surface area (Å²) in [6, 6.07) is 16.0. The van der Waals surface area contributed by atoms with Crippen molar-refractivity contribution in [1.82, 2.24) is 15.0 Å². The monoisotopic (exact) mass is 1320 g/mol. The van der Waals surface area contributed by atoms with Crippen LogP contribution >= 0.6 is 0 Å². The fourth-order valence-electron chi connectivity index (χ4n) is 14.2. The zero-order valence-corrected chi connectivity index (χ0v) is 54.1. The van der Waals surface area contributed by atoms with E-state index in [1.165, 1.54) is 24.3 Å². The van der Waals surface area contributed by atoms with Crippen LogP contribution in [0.1, 0.15) is 122 Å². The van der Waals surface area contributed by atoms with E-state index < -0.39 is 74.7 Å². The molecule has 5 aromatic rings. The van der Waals surface area contributed by atoms with Crippen LogP contribution in [-0.2, 0) is 60.9 Å². The third-order valence-electron chi connectivity index (χ3n) is 18.8. The highest BCUT2D eigenvalue weighted by Gasteiger charge is 2.49. The number of anilines is 4. The lowest BCUT2D eigenvalue weighted by Crippen LogP contribution is -2.42. The molecule has 0 saturated carbocycles. The fraction of sp³-hybridized carbons (Fsp3) is 0.516. The number of carboxylic acids is 1. The molecular weight excluding hydrogens is 1240 g/mol. The first-order chi connectivity index (χ1) is 42.4. The quantitative estimate of drug-likeness (QED) is 0.0194. The highest BCUT2D eigenvalue weighted by molar-refractivity contribution is 7.86. The van der Waals surface area contributed by atoms with Gasteiger partial charge in [0, 0.05) is 116 Å². The summed E-state index contributed by atoms with van der Waals surface area (Å²) in [5.74, 6) is -0.312. The normalized spacial score (nSPS) is 20.3. The number of ketones is 1. The first kappa shape index (κ1) is 66.4. The van der Waals surface area contributed by atoms with Crippen LogP contribution in [0.5, 0.6) is 0 Å². The Labute approximate surface area is 526 Å². The average molecular weight is 1320 g/mol. The van der Waals surface area contributed by atoms with Crippen LogP contribution in [0.4, 0.5) is 29.2 Å². The summed E-state index contributed by atoms with van der Waals surface area (Å²) in [4.78, 5) is 48.1. The van der Waals surface area contributed by atoms with Crippen LogP contribution in [-0.4, -0.2) is 164 Å². The van der Waals surface area contributed by atoms with Crippen molar-refractivity contribution in [3.63, 3.8) is 0 Å². The Morgan fingerprint density at radius 2 is 1.16 bits per heavy atom. The van der Waals surface area contributed by atoms with Gasteiger partial charge in [-0.25, -0.2) is 0 Å². The second kappa shape index (κ2) is 26.2. The number of carbonyl (C=O) groups is 2. The molecule has 6 heterocycles. The number of benzene rings is 4. The van der Waals surface area contributed by atoms with E-state index in [0.29, 0.717) is 129 Å². The van der Waals surface area contributed by atoms with Crippen molar-refractivity contribution in [2.24, 2.45) is 17.6 Å². The highest BCUT2D eigenvalue weighted by Crippen LogP contribution is 2.52. The summed E-state index contributed by atoms with van der Waals surface area (Å²) in [5.41, 5.74) is 8.33. The molecule has 0 amide bonds. The summed E-state index contributed by atoms with van der Waals surface area (Å²) in [5, 5.41) is 11.2. The molecule has 0 radical (unpaired) electrons. The van der Waals surface area contributed by atoms with Gasteiger partial charge in [0.25, 0.3) is 40.5 Å². The molecule has 1 aromatic heterocycles. The summed E-state index contributed by atoms with van der Waals surface area (Å²) in [6.45, 7) is 10.2. The van der Waals surface area contributed by atoms with Gasteiger partial charge < -0.3 is 30.4 Å². The molecule has 7 N–H and O–H groups in total. The zero-order chi connectivity index (χ0) is 64.7. The van der Waals surface area contributed by atoms with E-state index in [9.17, 15) is 66.6 Å². The SMILES string of the molecule is CC1(CCCS(=O)(=O)O)C(/C=C/C=C2/N(CCCCCC(=O)CC3CCN(c4nc(N5CCC(N)CC5)nc(N5CCC(C(=O)O)CC5)n4)CC3)c3ccc4c(S(=O)(=O)O)cccc4c3C2(C)C)=[N+](CCCS(=O)(=O)O)c2ccc3c(S(=O)(=O)O)cccc3c21. The summed E-state index contributed by atoms with van der Waals surface area (Å²) >= 11 is 0. The lowest BCUT2D eigenvalue weighted by Gasteiger charge is -2.35. The molecule has 1 atom stereocenters.